The molecule has 0 bridgehead atoms. The van der Waals surface area contributed by atoms with Gasteiger partial charge in [0.15, 0.2) is 5.82 Å². The Morgan fingerprint density at radius 2 is 1.50 bits per heavy atom. The quantitative estimate of drug-likeness (QED) is 0.872. The molecule has 3 heterocycles. The van der Waals surface area contributed by atoms with Crippen LogP contribution in [-0.4, -0.2) is 47.9 Å². The molecule has 150 valence electrons. The van der Waals surface area contributed by atoms with Crippen molar-refractivity contribution in [1.82, 2.24) is 9.97 Å². The monoisotopic (exact) mass is 380 g/mol. The van der Waals surface area contributed by atoms with Crippen LogP contribution in [0.3, 0.4) is 0 Å². The summed E-state index contributed by atoms with van der Waals surface area (Å²) in [5, 5.41) is 9.46. The molecule has 5 nitrogen and oxygen atoms in total. The number of benzene rings is 1. The van der Waals surface area contributed by atoms with Crippen LogP contribution in [0.1, 0.15) is 38.2 Å². The number of hydrogen-bond acceptors (Lipinski definition) is 5. The molecule has 2 aromatic rings. The summed E-state index contributed by atoms with van der Waals surface area (Å²) < 4.78 is 0. The van der Waals surface area contributed by atoms with Crippen LogP contribution in [-0.2, 0) is 0 Å². The number of aliphatic hydroxyl groups excluding tert-OH is 1. The molecular weight excluding hydrogens is 348 g/mol. The van der Waals surface area contributed by atoms with E-state index in [1.807, 2.05) is 0 Å². The number of hydrogen-bond donors (Lipinski definition) is 1. The molecule has 2 saturated heterocycles. The summed E-state index contributed by atoms with van der Waals surface area (Å²) >= 11 is 0. The summed E-state index contributed by atoms with van der Waals surface area (Å²) in [5.74, 6) is 4.13. The van der Waals surface area contributed by atoms with Crippen molar-refractivity contribution in [2.45, 2.75) is 39.5 Å². The van der Waals surface area contributed by atoms with Gasteiger partial charge in [-0.1, -0.05) is 31.2 Å². The van der Waals surface area contributed by atoms with Crippen molar-refractivity contribution < 1.29 is 5.11 Å². The second kappa shape index (κ2) is 8.48. The molecule has 0 unspecified atom stereocenters. The molecule has 2 aliphatic heterocycles. The Morgan fingerprint density at radius 1 is 0.929 bits per heavy atom. The standard InChI is InChI=1S/C23H32N4O/c1-17-7-11-26(12-8-17)21-15-22(27-13-9-19(16-28)10-14-27)25-23(24-21)20-6-4-3-5-18(20)2/h3-6,15,17,19,28H,7-14,16H2,1-2H3. The first-order valence-electron chi connectivity index (χ1n) is 10.7. The van der Waals surface area contributed by atoms with Gasteiger partial charge in [0.05, 0.1) is 0 Å². The minimum absolute atomic E-state index is 0.295. The van der Waals surface area contributed by atoms with Gasteiger partial charge in [0, 0.05) is 44.4 Å². The molecular formula is C23H32N4O. The van der Waals surface area contributed by atoms with E-state index in [4.69, 9.17) is 9.97 Å². The van der Waals surface area contributed by atoms with E-state index < -0.39 is 0 Å². The highest BCUT2D eigenvalue weighted by Gasteiger charge is 2.23. The third-order valence-corrected chi connectivity index (χ3v) is 6.39. The van der Waals surface area contributed by atoms with Gasteiger partial charge < -0.3 is 14.9 Å². The van der Waals surface area contributed by atoms with Crippen molar-refractivity contribution in [1.29, 1.82) is 0 Å². The highest BCUT2D eigenvalue weighted by atomic mass is 16.3. The Hall–Kier alpha value is -2.14. The van der Waals surface area contributed by atoms with E-state index in [0.717, 1.165) is 68.0 Å². The number of aryl methyl sites for hydroxylation is 1. The van der Waals surface area contributed by atoms with E-state index in [2.05, 4.69) is 54.0 Å². The summed E-state index contributed by atoms with van der Waals surface area (Å²) in [6, 6.07) is 10.6. The van der Waals surface area contributed by atoms with Crippen LogP contribution in [0.25, 0.3) is 11.4 Å². The lowest BCUT2D eigenvalue weighted by Crippen LogP contribution is -2.36. The lowest BCUT2D eigenvalue weighted by atomic mass is 9.98. The molecule has 1 N–H and O–H groups in total. The predicted octanol–water partition coefficient (Wildman–Crippen LogP) is 3.90. The van der Waals surface area contributed by atoms with Gasteiger partial charge in [-0.15, -0.1) is 0 Å². The molecule has 0 saturated carbocycles. The van der Waals surface area contributed by atoms with Crippen molar-refractivity contribution in [3.05, 3.63) is 35.9 Å². The van der Waals surface area contributed by atoms with Crippen LogP contribution < -0.4 is 9.80 Å². The lowest BCUT2D eigenvalue weighted by Gasteiger charge is -2.34. The highest BCUT2D eigenvalue weighted by molar-refractivity contribution is 5.65. The van der Waals surface area contributed by atoms with Crippen LogP contribution in [0.5, 0.6) is 0 Å². The van der Waals surface area contributed by atoms with Gasteiger partial charge in [-0.2, -0.15) is 0 Å². The topological polar surface area (TPSA) is 52.5 Å². The van der Waals surface area contributed by atoms with E-state index in [-0.39, 0.29) is 0 Å². The molecule has 4 rings (SSSR count). The first-order chi connectivity index (χ1) is 13.6. The van der Waals surface area contributed by atoms with Gasteiger partial charge in [0.2, 0.25) is 0 Å². The first kappa shape index (κ1) is 19.2. The summed E-state index contributed by atoms with van der Waals surface area (Å²) in [7, 11) is 0. The molecule has 0 radical (unpaired) electrons. The third-order valence-electron chi connectivity index (χ3n) is 6.39. The smallest absolute Gasteiger partial charge is 0.164 e. The van der Waals surface area contributed by atoms with Crippen LogP contribution in [0, 0.1) is 18.8 Å². The third kappa shape index (κ3) is 4.14. The summed E-state index contributed by atoms with van der Waals surface area (Å²) in [4.78, 5) is 14.8. The fraction of sp³-hybridized carbons (Fsp3) is 0.565. The highest BCUT2D eigenvalue weighted by Crippen LogP contribution is 2.30. The SMILES string of the molecule is Cc1ccccc1-c1nc(N2CCC(C)CC2)cc(N2CCC(CO)CC2)n1. The first-order valence-corrected chi connectivity index (χ1v) is 10.7. The van der Waals surface area contributed by atoms with Crippen LogP contribution >= 0.6 is 0 Å². The minimum Gasteiger partial charge on any atom is -0.396 e. The maximum absolute atomic E-state index is 9.46. The fourth-order valence-corrected chi connectivity index (χ4v) is 4.27. The molecule has 0 amide bonds. The lowest BCUT2D eigenvalue weighted by molar-refractivity contribution is 0.203. The Bertz CT molecular complexity index is 793. The molecule has 0 aliphatic carbocycles. The van der Waals surface area contributed by atoms with E-state index in [0.29, 0.717) is 12.5 Å². The Kier molecular flexibility index (Phi) is 5.81. The van der Waals surface area contributed by atoms with Crippen LogP contribution in [0.4, 0.5) is 11.6 Å². The maximum atomic E-state index is 9.46. The second-order valence-corrected chi connectivity index (χ2v) is 8.51. The number of aromatic nitrogens is 2. The van der Waals surface area contributed by atoms with Gasteiger partial charge in [0.1, 0.15) is 11.6 Å². The molecule has 28 heavy (non-hydrogen) atoms. The summed E-state index contributed by atoms with van der Waals surface area (Å²) in [6.45, 7) is 8.79. The average Bonchev–Trinajstić information content (AvgIpc) is 2.74. The summed E-state index contributed by atoms with van der Waals surface area (Å²) in [6.07, 6.45) is 4.50. The Labute approximate surface area is 168 Å². The second-order valence-electron chi connectivity index (χ2n) is 8.51. The molecule has 1 aromatic heterocycles. The molecule has 0 spiro atoms. The van der Waals surface area contributed by atoms with Gasteiger partial charge in [0.25, 0.3) is 0 Å². The van der Waals surface area contributed by atoms with Gasteiger partial charge in [-0.3, -0.25) is 0 Å². The van der Waals surface area contributed by atoms with E-state index in [9.17, 15) is 5.11 Å². The van der Waals surface area contributed by atoms with Crippen LogP contribution in [0.15, 0.2) is 30.3 Å². The van der Waals surface area contributed by atoms with Gasteiger partial charge in [-0.25, -0.2) is 9.97 Å². The maximum Gasteiger partial charge on any atom is 0.164 e. The van der Waals surface area contributed by atoms with Crippen molar-refractivity contribution in [3.63, 3.8) is 0 Å². The Balaban J connectivity index is 1.68. The number of rotatable bonds is 4. The molecule has 2 aliphatic rings. The predicted molar refractivity (Wildman–Crippen MR) is 115 cm³/mol. The van der Waals surface area contributed by atoms with Crippen molar-refractivity contribution >= 4 is 11.6 Å². The molecule has 1 aromatic carbocycles. The molecule has 2 fully saturated rings. The fourth-order valence-electron chi connectivity index (χ4n) is 4.27. The van der Waals surface area contributed by atoms with E-state index in [1.54, 1.807) is 0 Å². The van der Waals surface area contributed by atoms with Gasteiger partial charge >= 0.3 is 0 Å². The van der Waals surface area contributed by atoms with Crippen molar-refractivity contribution in [2.24, 2.45) is 11.8 Å². The average molecular weight is 381 g/mol. The number of piperidine rings is 2. The zero-order valence-electron chi connectivity index (χ0n) is 17.1. The van der Waals surface area contributed by atoms with Crippen molar-refractivity contribution in [2.75, 3.05) is 42.6 Å². The number of anilines is 2. The number of nitrogens with zero attached hydrogens (tertiary/aromatic N) is 4. The van der Waals surface area contributed by atoms with E-state index >= 15 is 0 Å². The molecule has 0 atom stereocenters. The van der Waals surface area contributed by atoms with E-state index in [1.165, 1.54) is 18.4 Å². The number of aliphatic hydroxyl groups is 1. The zero-order valence-corrected chi connectivity index (χ0v) is 17.1. The van der Waals surface area contributed by atoms with Crippen molar-refractivity contribution in [3.8, 4) is 11.4 Å². The van der Waals surface area contributed by atoms with Crippen LogP contribution in [0.2, 0.25) is 0 Å². The Morgan fingerprint density at radius 3 is 2.07 bits per heavy atom. The zero-order chi connectivity index (χ0) is 19.5. The largest absolute Gasteiger partial charge is 0.396 e. The van der Waals surface area contributed by atoms with Gasteiger partial charge in [-0.05, 0) is 50.0 Å². The molecule has 5 heteroatoms. The normalized spacial score (nSPS) is 19.2. The summed E-state index contributed by atoms with van der Waals surface area (Å²) in [5.41, 5.74) is 2.32. The minimum atomic E-state index is 0.295.